The average molecular weight is 509 g/mol. The number of allylic oxidation sites excluding steroid dienone is 2. The van der Waals surface area contributed by atoms with Gasteiger partial charge in [-0.1, -0.05) is 127 Å². The minimum atomic E-state index is -1.32. The summed E-state index contributed by atoms with van der Waals surface area (Å²) in [6, 6.07) is 41.8. The summed E-state index contributed by atoms with van der Waals surface area (Å²) >= 11 is 0. The third-order valence-corrected chi connectivity index (χ3v) is 11.7. The summed E-state index contributed by atoms with van der Waals surface area (Å²) in [5, 5.41) is 27.9. The molecule has 1 aliphatic rings. The molecule has 2 atom stereocenters. The van der Waals surface area contributed by atoms with E-state index in [1.165, 1.54) is 21.2 Å². The first-order valence-electron chi connectivity index (χ1n) is 12.2. The molecular weight excluding hydrogens is 478 g/mol. The molecule has 4 aromatic rings. The molecule has 2 unspecified atom stereocenters. The van der Waals surface area contributed by atoms with Gasteiger partial charge in [-0.2, -0.15) is 0 Å². The van der Waals surface area contributed by atoms with E-state index in [0.717, 1.165) is 11.7 Å². The molecule has 1 aliphatic carbocycles. The highest BCUT2D eigenvalue weighted by molar-refractivity contribution is 7.73. The van der Waals surface area contributed by atoms with Gasteiger partial charge in [-0.3, -0.25) is 0 Å². The van der Waals surface area contributed by atoms with Crippen molar-refractivity contribution in [3.8, 4) is 0 Å². The van der Waals surface area contributed by atoms with Crippen LogP contribution in [-0.2, 0) is 0 Å². The van der Waals surface area contributed by atoms with E-state index in [1.807, 2.05) is 66.8 Å². The highest BCUT2D eigenvalue weighted by Crippen LogP contribution is 2.42. The zero-order chi connectivity index (χ0) is 24.8. The van der Waals surface area contributed by atoms with E-state index < -0.39 is 27.5 Å². The van der Waals surface area contributed by atoms with Crippen molar-refractivity contribution in [2.45, 2.75) is 11.7 Å². The summed E-state index contributed by atoms with van der Waals surface area (Å²) in [6.45, 7) is 0. The molecule has 180 valence electrons. The maximum atomic E-state index is 11.7. The first kappa shape index (κ1) is 24.8. The predicted octanol–water partition coefficient (Wildman–Crippen LogP) is 4.84. The van der Waals surface area contributed by atoms with Gasteiger partial charge in [0.2, 0.25) is 0 Å². The second-order valence-electron chi connectivity index (χ2n) is 9.03. The summed E-state index contributed by atoms with van der Waals surface area (Å²) in [5.74, 6) is 0. The Bertz CT molecular complexity index is 1230. The highest BCUT2D eigenvalue weighted by atomic mass is 31.1. The molecule has 0 amide bonds. The quantitative estimate of drug-likeness (QED) is 0.335. The minimum absolute atomic E-state index is 0.462. The second-order valence-corrected chi connectivity index (χ2v) is 13.4. The van der Waals surface area contributed by atoms with Crippen molar-refractivity contribution in [2.24, 2.45) is 0 Å². The molecule has 0 heterocycles. The highest BCUT2D eigenvalue weighted by Gasteiger charge is 2.37. The van der Waals surface area contributed by atoms with Crippen molar-refractivity contribution in [3.63, 3.8) is 0 Å². The molecule has 0 bridgehead atoms. The lowest BCUT2D eigenvalue weighted by molar-refractivity contribution is 0.00189. The van der Waals surface area contributed by atoms with Gasteiger partial charge in [0.05, 0.1) is 0 Å². The third-order valence-electron chi connectivity index (χ3n) is 6.49. The Balaban J connectivity index is 1.40. The van der Waals surface area contributed by atoms with E-state index in [9.17, 15) is 10.2 Å². The van der Waals surface area contributed by atoms with Crippen LogP contribution in [0, 0.1) is 0 Å². The fraction of sp³-hybridized carbons (Fsp3) is 0.125. The Morgan fingerprint density at radius 3 is 1.36 bits per heavy atom. The molecule has 0 saturated carbocycles. The SMILES string of the molecule is OC1C=C(CP(c2ccccc2)c2ccccc2)C=CC1(O)CP(c1ccccc1)c1ccccc1. The van der Waals surface area contributed by atoms with Gasteiger partial charge in [-0.05, 0) is 54.8 Å². The lowest BCUT2D eigenvalue weighted by Crippen LogP contribution is -2.45. The second kappa shape index (κ2) is 11.5. The molecule has 4 aromatic carbocycles. The van der Waals surface area contributed by atoms with Crippen LogP contribution in [0.1, 0.15) is 0 Å². The monoisotopic (exact) mass is 508 g/mol. The van der Waals surface area contributed by atoms with Crippen LogP contribution in [0.4, 0.5) is 0 Å². The molecule has 2 nitrogen and oxygen atoms in total. The number of hydrogen-bond donors (Lipinski definition) is 2. The number of rotatable bonds is 8. The number of aliphatic hydroxyl groups is 2. The van der Waals surface area contributed by atoms with Gasteiger partial charge in [0, 0.05) is 12.3 Å². The van der Waals surface area contributed by atoms with Crippen molar-refractivity contribution in [2.75, 3.05) is 12.3 Å². The number of hydrogen-bond acceptors (Lipinski definition) is 2. The van der Waals surface area contributed by atoms with Gasteiger partial charge in [0.1, 0.15) is 11.7 Å². The molecule has 0 fully saturated rings. The van der Waals surface area contributed by atoms with Crippen LogP contribution in [0.15, 0.2) is 145 Å². The van der Waals surface area contributed by atoms with Crippen LogP contribution in [0.25, 0.3) is 0 Å². The summed E-state index contributed by atoms with van der Waals surface area (Å²) in [6.07, 6.45) is 6.04. The Morgan fingerprint density at radius 2 is 0.972 bits per heavy atom. The van der Waals surface area contributed by atoms with Gasteiger partial charge in [-0.15, -0.1) is 0 Å². The maximum absolute atomic E-state index is 11.7. The molecule has 4 heteroatoms. The number of aliphatic hydroxyl groups excluding tert-OH is 1. The van der Waals surface area contributed by atoms with E-state index in [2.05, 4.69) is 72.8 Å². The van der Waals surface area contributed by atoms with Crippen molar-refractivity contribution in [1.82, 2.24) is 0 Å². The van der Waals surface area contributed by atoms with E-state index in [4.69, 9.17) is 0 Å². The topological polar surface area (TPSA) is 40.5 Å². The lowest BCUT2D eigenvalue weighted by atomic mass is 9.91. The van der Waals surface area contributed by atoms with Crippen LogP contribution in [0.2, 0.25) is 0 Å². The molecule has 0 spiro atoms. The summed E-state index contributed by atoms with van der Waals surface area (Å²) in [7, 11) is -1.46. The molecular formula is C32H30O2P2. The molecule has 0 radical (unpaired) electrons. The van der Waals surface area contributed by atoms with Crippen LogP contribution >= 0.6 is 15.8 Å². The number of benzene rings is 4. The first-order chi connectivity index (χ1) is 17.6. The zero-order valence-electron chi connectivity index (χ0n) is 20.1. The zero-order valence-corrected chi connectivity index (χ0v) is 21.8. The fourth-order valence-corrected chi connectivity index (χ4v) is 9.36. The van der Waals surface area contributed by atoms with E-state index in [0.29, 0.717) is 6.16 Å². The standard InChI is InChI=1S/C32H30O2P2/c33-31-23-26(24-35(27-13-5-1-6-14-27)28-15-7-2-8-16-28)21-22-32(31,34)25-36(29-17-9-3-10-18-29)30-19-11-4-12-20-30/h1-23,31,33-34H,24-25H2. The predicted molar refractivity (Wildman–Crippen MR) is 156 cm³/mol. The largest absolute Gasteiger partial charge is 0.386 e. The van der Waals surface area contributed by atoms with Crippen LogP contribution < -0.4 is 21.2 Å². The van der Waals surface area contributed by atoms with Crippen molar-refractivity contribution >= 4 is 37.1 Å². The van der Waals surface area contributed by atoms with Gasteiger partial charge < -0.3 is 10.2 Å². The van der Waals surface area contributed by atoms with E-state index >= 15 is 0 Å². The Morgan fingerprint density at radius 1 is 0.583 bits per heavy atom. The molecule has 2 N–H and O–H groups in total. The summed E-state index contributed by atoms with van der Waals surface area (Å²) < 4.78 is 0. The van der Waals surface area contributed by atoms with Crippen LogP contribution in [0.5, 0.6) is 0 Å². The summed E-state index contributed by atoms with van der Waals surface area (Å²) in [4.78, 5) is 0. The van der Waals surface area contributed by atoms with E-state index in [1.54, 1.807) is 0 Å². The molecule has 0 aromatic heterocycles. The van der Waals surface area contributed by atoms with Crippen molar-refractivity contribution < 1.29 is 10.2 Å². The van der Waals surface area contributed by atoms with Gasteiger partial charge in [0.25, 0.3) is 0 Å². The minimum Gasteiger partial charge on any atom is -0.386 e. The lowest BCUT2D eigenvalue weighted by Gasteiger charge is -2.35. The molecule has 0 aliphatic heterocycles. The van der Waals surface area contributed by atoms with Gasteiger partial charge in [0.15, 0.2) is 0 Å². The van der Waals surface area contributed by atoms with Gasteiger partial charge >= 0.3 is 0 Å². The Hall–Kier alpha value is -2.86. The van der Waals surface area contributed by atoms with Crippen molar-refractivity contribution in [1.29, 1.82) is 0 Å². The van der Waals surface area contributed by atoms with E-state index in [-0.39, 0.29) is 0 Å². The first-order valence-corrected chi connectivity index (χ1v) is 15.2. The smallest absolute Gasteiger partial charge is 0.117 e. The van der Waals surface area contributed by atoms with Crippen LogP contribution in [-0.4, -0.2) is 34.2 Å². The van der Waals surface area contributed by atoms with Gasteiger partial charge in [-0.25, -0.2) is 0 Å². The third kappa shape index (κ3) is 5.75. The van der Waals surface area contributed by atoms with Crippen molar-refractivity contribution in [3.05, 3.63) is 145 Å². The Kier molecular flexibility index (Phi) is 7.90. The average Bonchev–Trinajstić information content (AvgIpc) is 2.94. The Labute approximate surface area is 216 Å². The molecule has 36 heavy (non-hydrogen) atoms. The fourth-order valence-electron chi connectivity index (χ4n) is 4.54. The normalized spacial score (nSPS) is 19.4. The maximum Gasteiger partial charge on any atom is 0.117 e. The van der Waals surface area contributed by atoms with Crippen LogP contribution in [0.3, 0.4) is 0 Å². The molecule has 5 rings (SSSR count). The molecule has 0 saturated heterocycles. The summed E-state index contributed by atoms with van der Waals surface area (Å²) in [5.41, 5.74) is -0.252.